The van der Waals surface area contributed by atoms with E-state index in [2.05, 4.69) is 31.4 Å². The van der Waals surface area contributed by atoms with Crippen LogP contribution in [0.15, 0.2) is 29.2 Å². The number of nitriles is 1. The Morgan fingerprint density at radius 2 is 2.13 bits per heavy atom. The number of hydrogen-bond acceptors (Lipinski definition) is 6. The van der Waals surface area contributed by atoms with Crippen LogP contribution in [0.5, 0.6) is 0 Å². The molecule has 160 valence electrons. The summed E-state index contributed by atoms with van der Waals surface area (Å²) in [6.07, 6.45) is 2.56. The van der Waals surface area contributed by atoms with Gasteiger partial charge in [-0.3, -0.25) is 14.5 Å². The van der Waals surface area contributed by atoms with Gasteiger partial charge >= 0.3 is 0 Å². The molecule has 1 amide bonds. The first-order valence-corrected chi connectivity index (χ1v) is 9.96. The number of H-pyrrole nitrogens is 1. The van der Waals surface area contributed by atoms with Crippen LogP contribution in [0, 0.1) is 24.2 Å². The van der Waals surface area contributed by atoms with Gasteiger partial charge in [-0.2, -0.15) is 14.8 Å². The molecular formula is C21H22FN7O2. The molecule has 4 heterocycles. The monoisotopic (exact) mass is 423 g/mol. The lowest BCUT2D eigenvalue weighted by Gasteiger charge is -2.37. The number of likely N-dealkylation sites (tertiary alicyclic amines) is 1. The number of carbonyl (C=O) groups is 1. The van der Waals surface area contributed by atoms with Gasteiger partial charge in [0.2, 0.25) is 5.95 Å². The maximum Gasteiger partial charge on any atom is 0.269 e. The predicted octanol–water partition coefficient (Wildman–Crippen LogP) is 1.28. The fourth-order valence-electron chi connectivity index (χ4n) is 3.98. The molecule has 0 aromatic carbocycles. The Bertz CT molecular complexity index is 1250. The molecule has 0 atom stereocenters. The van der Waals surface area contributed by atoms with E-state index in [4.69, 9.17) is 0 Å². The summed E-state index contributed by atoms with van der Waals surface area (Å²) in [5.41, 5.74) is 1.07. The number of nitrogens with zero attached hydrogens (tertiary/aromatic N) is 5. The molecule has 0 unspecified atom stereocenters. The molecule has 0 bridgehead atoms. The minimum atomic E-state index is -0.990. The summed E-state index contributed by atoms with van der Waals surface area (Å²) < 4.78 is 16.3. The van der Waals surface area contributed by atoms with Crippen molar-refractivity contribution in [1.82, 2.24) is 29.8 Å². The molecule has 1 fully saturated rings. The van der Waals surface area contributed by atoms with E-state index in [0.29, 0.717) is 43.7 Å². The first-order valence-electron chi connectivity index (χ1n) is 9.96. The molecule has 3 aromatic rings. The Kier molecular flexibility index (Phi) is 5.29. The van der Waals surface area contributed by atoms with Crippen molar-refractivity contribution < 1.29 is 9.18 Å². The van der Waals surface area contributed by atoms with Crippen LogP contribution >= 0.6 is 0 Å². The van der Waals surface area contributed by atoms with Gasteiger partial charge in [0.25, 0.3) is 11.5 Å². The van der Waals surface area contributed by atoms with E-state index >= 15 is 0 Å². The summed E-state index contributed by atoms with van der Waals surface area (Å²) in [5.74, 6) is -1.26. The lowest BCUT2D eigenvalue weighted by atomic mass is 9.74. The van der Waals surface area contributed by atoms with E-state index in [1.165, 1.54) is 19.2 Å². The highest BCUT2D eigenvalue weighted by Crippen LogP contribution is 2.36. The number of aryl methyl sites for hydroxylation is 1. The molecule has 3 aromatic heterocycles. The highest BCUT2D eigenvalue weighted by molar-refractivity contribution is 5.92. The summed E-state index contributed by atoms with van der Waals surface area (Å²) in [6.45, 7) is 3.43. The molecule has 1 aliphatic heterocycles. The van der Waals surface area contributed by atoms with Crippen molar-refractivity contribution in [3.05, 3.63) is 63.2 Å². The third kappa shape index (κ3) is 3.80. The van der Waals surface area contributed by atoms with Crippen LogP contribution in [0.2, 0.25) is 0 Å². The molecular weight excluding hydrogens is 401 g/mol. The van der Waals surface area contributed by atoms with E-state index in [-0.39, 0.29) is 16.8 Å². The fourth-order valence-corrected chi connectivity index (χ4v) is 3.98. The fraction of sp³-hybridized carbons (Fsp3) is 0.381. The van der Waals surface area contributed by atoms with Crippen molar-refractivity contribution in [1.29, 1.82) is 5.26 Å². The number of amides is 1. The summed E-state index contributed by atoms with van der Waals surface area (Å²) in [7, 11) is 1.45. The maximum atomic E-state index is 14.7. The van der Waals surface area contributed by atoms with Crippen molar-refractivity contribution in [2.75, 3.05) is 20.1 Å². The highest BCUT2D eigenvalue weighted by atomic mass is 19.1. The maximum absolute atomic E-state index is 14.7. The second kappa shape index (κ2) is 7.92. The number of fused-ring (bicyclic) bond motifs is 1. The van der Waals surface area contributed by atoms with Crippen molar-refractivity contribution in [3.8, 4) is 6.07 Å². The summed E-state index contributed by atoms with van der Waals surface area (Å²) in [6, 6.07) is 7.06. The van der Waals surface area contributed by atoms with E-state index in [9.17, 15) is 19.2 Å². The van der Waals surface area contributed by atoms with E-state index in [0.717, 1.165) is 5.69 Å². The average Bonchev–Trinajstić information content (AvgIpc) is 3.15. The van der Waals surface area contributed by atoms with E-state index in [1.54, 1.807) is 17.6 Å². The van der Waals surface area contributed by atoms with Crippen molar-refractivity contribution in [2.45, 2.75) is 31.7 Å². The standard InChI is InChI=1S/C21H22FN7O2/c1-13-10-29-17(26-19(13)30)9-14(27-29)11-28-7-5-21(12-23,6-8-28)15-3-4-16(20(31)24-2)25-18(15)22/h3-4,9-10H,5-8,11H2,1-2H3,(H,24,31)(H,26,30). The third-order valence-corrected chi connectivity index (χ3v) is 5.84. The smallest absolute Gasteiger partial charge is 0.269 e. The zero-order valence-corrected chi connectivity index (χ0v) is 17.3. The number of aromatic amines is 1. The quantitative estimate of drug-likeness (QED) is 0.610. The normalized spacial score (nSPS) is 16.2. The van der Waals surface area contributed by atoms with Crippen molar-refractivity contribution >= 4 is 11.6 Å². The van der Waals surface area contributed by atoms with Gasteiger partial charge in [-0.05, 0) is 25.8 Å². The summed E-state index contributed by atoms with van der Waals surface area (Å²) in [5, 5.41) is 16.8. The molecule has 4 rings (SSSR count). The number of aromatic nitrogens is 4. The van der Waals surface area contributed by atoms with Gasteiger partial charge in [0.1, 0.15) is 11.3 Å². The van der Waals surface area contributed by atoms with Crippen LogP contribution in [0.25, 0.3) is 5.65 Å². The molecule has 0 aliphatic carbocycles. The summed E-state index contributed by atoms with van der Waals surface area (Å²) in [4.78, 5) is 32.1. The molecule has 1 saturated heterocycles. The van der Waals surface area contributed by atoms with Gasteiger partial charge in [-0.25, -0.2) is 9.50 Å². The Balaban J connectivity index is 1.50. The van der Waals surface area contributed by atoms with Gasteiger partial charge in [0.05, 0.1) is 17.2 Å². The van der Waals surface area contributed by atoms with Gasteiger partial charge in [-0.15, -0.1) is 0 Å². The molecule has 9 nitrogen and oxygen atoms in total. The zero-order valence-electron chi connectivity index (χ0n) is 17.3. The van der Waals surface area contributed by atoms with Crippen molar-refractivity contribution in [2.24, 2.45) is 0 Å². The Morgan fingerprint density at radius 1 is 1.39 bits per heavy atom. The van der Waals surface area contributed by atoms with Gasteiger partial charge < -0.3 is 10.3 Å². The number of pyridine rings is 1. The Labute approximate surface area is 177 Å². The highest BCUT2D eigenvalue weighted by Gasteiger charge is 2.39. The second-order valence-corrected chi connectivity index (χ2v) is 7.82. The SMILES string of the molecule is CNC(=O)c1ccc(C2(C#N)CCN(Cc3cc4[nH]c(=O)c(C)cn4n3)CC2)c(F)n1. The van der Waals surface area contributed by atoms with Crippen LogP contribution in [0.3, 0.4) is 0 Å². The number of nitrogens with one attached hydrogen (secondary N) is 2. The lowest BCUT2D eigenvalue weighted by molar-refractivity contribution is 0.0956. The number of piperidine rings is 1. The van der Waals surface area contributed by atoms with Crippen LogP contribution in [-0.2, 0) is 12.0 Å². The van der Waals surface area contributed by atoms with Crippen LogP contribution < -0.4 is 10.9 Å². The Hall–Kier alpha value is -3.58. The van der Waals surface area contributed by atoms with Gasteiger partial charge in [-0.1, -0.05) is 6.07 Å². The second-order valence-electron chi connectivity index (χ2n) is 7.82. The van der Waals surface area contributed by atoms with E-state index < -0.39 is 17.3 Å². The zero-order chi connectivity index (χ0) is 22.2. The molecule has 10 heteroatoms. The minimum Gasteiger partial charge on any atom is -0.354 e. The number of rotatable bonds is 4. The topological polar surface area (TPSA) is 119 Å². The largest absolute Gasteiger partial charge is 0.354 e. The molecule has 2 N–H and O–H groups in total. The first-order chi connectivity index (χ1) is 14.8. The predicted molar refractivity (Wildman–Crippen MR) is 110 cm³/mol. The number of carbonyl (C=O) groups excluding carboxylic acids is 1. The van der Waals surface area contributed by atoms with Crippen LogP contribution in [0.4, 0.5) is 4.39 Å². The molecule has 31 heavy (non-hydrogen) atoms. The summed E-state index contributed by atoms with van der Waals surface area (Å²) >= 11 is 0. The third-order valence-electron chi connectivity index (χ3n) is 5.84. The molecule has 1 aliphatic rings. The van der Waals surface area contributed by atoms with Crippen LogP contribution in [-0.4, -0.2) is 50.5 Å². The average molecular weight is 423 g/mol. The Morgan fingerprint density at radius 3 is 2.77 bits per heavy atom. The molecule has 0 radical (unpaired) electrons. The van der Waals surface area contributed by atoms with Crippen LogP contribution in [0.1, 0.15) is 40.2 Å². The lowest BCUT2D eigenvalue weighted by Crippen LogP contribution is -2.42. The molecule has 0 spiro atoms. The number of hydrogen-bond donors (Lipinski definition) is 2. The first kappa shape index (κ1) is 20.7. The van der Waals surface area contributed by atoms with Gasteiger partial charge in [0, 0.05) is 50.1 Å². The number of halogens is 1. The van der Waals surface area contributed by atoms with Gasteiger partial charge in [0.15, 0.2) is 0 Å². The van der Waals surface area contributed by atoms with Crippen molar-refractivity contribution in [3.63, 3.8) is 0 Å². The molecule has 0 saturated carbocycles. The minimum absolute atomic E-state index is 0.0191. The van der Waals surface area contributed by atoms with E-state index in [1.807, 2.05) is 6.07 Å².